The lowest BCUT2D eigenvalue weighted by Gasteiger charge is -2.20. The Kier molecular flexibility index (Phi) is 5.71. The van der Waals surface area contributed by atoms with Crippen LogP contribution in [0.25, 0.3) is 0 Å². The second-order valence-electron chi connectivity index (χ2n) is 4.99. The summed E-state index contributed by atoms with van der Waals surface area (Å²) in [7, 11) is 0. The van der Waals surface area contributed by atoms with Crippen LogP contribution < -0.4 is 9.47 Å². The first kappa shape index (κ1) is 14.7. The van der Waals surface area contributed by atoms with Crippen molar-refractivity contribution in [1.82, 2.24) is 4.90 Å². The van der Waals surface area contributed by atoms with Crippen molar-refractivity contribution in [2.45, 2.75) is 32.6 Å². The molecule has 0 spiro atoms. The highest BCUT2D eigenvalue weighted by Gasteiger charge is 2.15. The summed E-state index contributed by atoms with van der Waals surface area (Å²) in [5, 5.41) is 0. The van der Waals surface area contributed by atoms with Crippen LogP contribution in [0.4, 0.5) is 0 Å². The molecule has 0 N–H and O–H groups in total. The number of rotatable bonds is 5. The molecule has 0 aromatic heterocycles. The first-order valence-corrected chi connectivity index (χ1v) is 7.43. The lowest BCUT2D eigenvalue weighted by atomic mass is 10.2. The molecule has 0 unspecified atom stereocenters. The Balaban J connectivity index is 1.84. The summed E-state index contributed by atoms with van der Waals surface area (Å²) >= 11 is 0. The van der Waals surface area contributed by atoms with Crippen LogP contribution in [0.5, 0.6) is 11.5 Å². The van der Waals surface area contributed by atoms with E-state index in [1.807, 2.05) is 36.1 Å². The van der Waals surface area contributed by atoms with Gasteiger partial charge in [0.05, 0.1) is 6.61 Å². The highest BCUT2D eigenvalue weighted by Crippen LogP contribution is 2.19. The van der Waals surface area contributed by atoms with Gasteiger partial charge in [0.25, 0.3) is 5.91 Å². The summed E-state index contributed by atoms with van der Waals surface area (Å²) in [5.41, 5.74) is 0. The topological polar surface area (TPSA) is 38.8 Å². The zero-order valence-corrected chi connectivity index (χ0v) is 12.1. The Morgan fingerprint density at radius 2 is 1.75 bits per heavy atom. The molecule has 1 saturated heterocycles. The number of ether oxygens (including phenoxy) is 2. The van der Waals surface area contributed by atoms with Gasteiger partial charge in [0.15, 0.2) is 6.61 Å². The molecule has 1 heterocycles. The largest absolute Gasteiger partial charge is 0.494 e. The van der Waals surface area contributed by atoms with Gasteiger partial charge in [-0.25, -0.2) is 0 Å². The molecule has 2 rings (SSSR count). The highest BCUT2D eigenvalue weighted by molar-refractivity contribution is 5.77. The molecular weight excluding hydrogens is 254 g/mol. The van der Waals surface area contributed by atoms with Crippen molar-refractivity contribution in [3.05, 3.63) is 24.3 Å². The Hall–Kier alpha value is -1.71. The molecule has 0 radical (unpaired) electrons. The van der Waals surface area contributed by atoms with Gasteiger partial charge in [-0.05, 0) is 31.9 Å². The van der Waals surface area contributed by atoms with Crippen LogP contribution in [-0.2, 0) is 4.79 Å². The van der Waals surface area contributed by atoms with Crippen molar-refractivity contribution in [2.75, 3.05) is 26.3 Å². The maximum Gasteiger partial charge on any atom is 0.260 e. The minimum Gasteiger partial charge on any atom is -0.494 e. The number of amides is 1. The Morgan fingerprint density at radius 3 is 2.40 bits per heavy atom. The number of hydrogen-bond acceptors (Lipinski definition) is 3. The van der Waals surface area contributed by atoms with Crippen LogP contribution in [0, 0.1) is 0 Å². The molecule has 1 amide bonds. The van der Waals surface area contributed by atoms with Gasteiger partial charge >= 0.3 is 0 Å². The average Bonchev–Trinajstić information content (AvgIpc) is 2.75. The van der Waals surface area contributed by atoms with Crippen molar-refractivity contribution >= 4 is 5.91 Å². The Bertz CT molecular complexity index is 425. The predicted octanol–water partition coefficient (Wildman–Crippen LogP) is 2.87. The van der Waals surface area contributed by atoms with E-state index in [0.717, 1.165) is 31.7 Å². The van der Waals surface area contributed by atoms with Crippen LogP contribution in [0.1, 0.15) is 32.6 Å². The lowest BCUT2D eigenvalue weighted by molar-refractivity contribution is -0.133. The second-order valence-corrected chi connectivity index (χ2v) is 4.99. The zero-order chi connectivity index (χ0) is 14.2. The maximum absolute atomic E-state index is 12.1. The fourth-order valence-electron chi connectivity index (χ4n) is 2.38. The molecule has 0 atom stereocenters. The van der Waals surface area contributed by atoms with E-state index in [-0.39, 0.29) is 12.5 Å². The van der Waals surface area contributed by atoms with Crippen LogP contribution in [-0.4, -0.2) is 37.1 Å². The first-order chi connectivity index (χ1) is 9.79. The van der Waals surface area contributed by atoms with Crippen LogP contribution in [0.3, 0.4) is 0 Å². The molecule has 4 heteroatoms. The van der Waals surface area contributed by atoms with Gasteiger partial charge in [-0.1, -0.05) is 18.9 Å². The molecule has 1 aromatic rings. The van der Waals surface area contributed by atoms with Crippen molar-refractivity contribution in [1.29, 1.82) is 0 Å². The summed E-state index contributed by atoms with van der Waals surface area (Å²) in [5.74, 6) is 1.53. The van der Waals surface area contributed by atoms with Crippen LogP contribution >= 0.6 is 0 Å². The third-order valence-corrected chi connectivity index (χ3v) is 3.44. The molecule has 110 valence electrons. The first-order valence-electron chi connectivity index (χ1n) is 7.43. The average molecular weight is 277 g/mol. The normalized spacial score (nSPS) is 15.6. The fraction of sp³-hybridized carbons (Fsp3) is 0.562. The number of nitrogens with zero attached hydrogens (tertiary/aromatic N) is 1. The zero-order valence-electron chi connectivity index (χ0n) is 12.1. The van der Waals surface area contributed by atoms with E-state index in [1.54, 1.807) is 0 Å². The van der Waals surface area contributed by atoms with Crippen LogP contribution in [0.15, 0.2) is 24.3 Å². The van der Waals surface area contributed by atoms with E-state index >= 15 is 0 Å². The van der Waals surface area contributed by atoms with E-state index in [0.29, 0.717) is 12.4 Å². The molecule has 0 bridgehead atoms. The molecule has 1 aromatic carbocycles. The molecule has 0 saturated carbocycles. The van der Waals surface area contributed by atoms with E-state index < -0.39 is 0 Å². The molecule has 1 fully saturated rings. The van der Waals surface area contributed by atoms with Gasteiger partial charge in [0.2, 0.25) is 0 Å². The summed E-state index contributed by atoms with van der Waals surface area (Å²) < 4.78 is 11.0. The van der Waals surface area contributed by atoms with Gasteiger partial charge in [0, 0.05) is 19.2 Å². The second kappa shape index (κ2) is 7.78. The summed E-state index contributed by atoms with van der Waals surface area (Å²) in [6.07, 6.45) is 4.65. The van der Waals surface area contributed by atoms with Gasteiger partial charge in [-0.15, -0.1) is 0 Å². The van der Waals surface area contributed by atoms with Gasteiger partial charge < -0.3 is 14.4 Å². The number of benzene rings is 1. The van der Waals surface area contributed by atoms with Crippen molar-refractivity contribution < 1.29 is 14.3 Å². The van der Waals surface area contributed by atoms with E-state index in [1.165, 1.54) is 12.8 Å². The summed E-state index contributed by atoms with van der Waals surface area (Å²) in [6, 6.07) is 7.42. The quantitative estimate of drug-likeness (QED) is 0.830. The maximum atomic E-state index is 12.1. The molecule has 1 aliphatic rings. The van der Waals surface area contributed by atoms with Gasteiger partial charge in [-0.3, -0.25) is 4.79 Å². The molecule has 0 aliphatic carbocycles. The van der Waals surface area contributed by atoms with E-state index in [9.17, 15) is 4.79 Å². The predicted molar refractivity (Wildman–Crippen MR) is 78.2 cm³/mol. The fourth-order valence-corrected chi connectivity index (χ4v) is 2.38. The monoisotopic (exact) mass is 277 g/mol. The molecular formula is C16H23NO3. The number of hydrogen-bond donors (Lipinski definition) is 0. The third-order valence-electron chi connectivity index (χ3n) is 3.44. The lowest BCUT2D eigenvalue weighted by Crippen LogP contribution is -2.35. The van der Waals surface area contributed by atoms with Gasteiger partial charge in [0.1, 0.15) is 11.5 Å². The molecule has 20 heavy (non-hydrogen) atoms. The van der Waals surface area contributed by atoms with Crippen molar-refractivity contribution in [3.63, 3.8) is 0 Å². The Labute approximate surface area is 120 Å². The molecule has 4 nitrogen and oxygen atoms in total. The number of carbonyl (C=O) groups is 1. The number of likely N-dealkylation sites (tertiary alicyclic amines) is 1. The summed E-state index contributed by atoms with van der Waals surface area (Å²) in [4.78, 5) is 14.0. The summed E-state index contributed by atoms with van der Waals surface area (Å²) in [6.45, 7) is 4.39. The number of carbonyl (C=O) groups excluding carboxylic acids is 1. The van der Waals surface area contributed by atoms with Crippen molar-refractivity contribution in [3.8, 4) is 11.5 Å². The minimum absolute atomic E-state index is 0.0775. The smallest absolute Gasteiger partial charge is 0.260 e. The minimum atomic E-state index is 0.0775. The Morgan fingerprint density at radius 1 is 1.10 bits per heavy atom. The van der Waals surface area contributed by atoms with Crippen LogP contribution in [0.2, 0.25) is 0 Å². The van der Waals surface area contributed by atoms with Crippen molar-refractivity contribution in [2.24, 2.45) is 0 Å². The molecule has 1 aliphatic heterocycles. The third kappa shape index (κ3) is 4.44. The van der Waals surface area contributed by atoms with E-state index in [4.69, 9.17) is 9.47 Å². The van der Waals surface area contributed by atoms with E-state index in [2.05, 4.69) is 0 Å². The highest BCUT2D eigenvalue weighted by atomic mass is 16.5. The SMILES string of the molecule is CCOc1cccc(OCC(=O)N2CCCCCC2)c1. The standard InChI is InChI=1S/C16H23NO3/c1-2-19-14-8-7-9-15(12-14)20-13-16(18)17-10-5-3-4-6-11-17/h7-9,12H,2-6,10-11,13H2,1H3. The van der Waals surface area contributed by atoms with Gasteiger partial charge in [-0.2, -0.15) is 0 Å².